The minimum Gasteiger partial charge on any atom is -0.813 e. The Morgan fingerprint density at radius 2 is 1.00 bits per heavy atom. The Balaban J connectivity index is 0. The first-order valence-electron chi connectivity index (χ1n) is 0. The van der Waals surface area contributed by atoms with Crippen molar-refractivity contribution in [1.29, 1.82) is 0 Å². The molecular weight excluding hydrogens is 318 g/mol. The number of rotatable bonds is 0. The van der Waals surface area contributed by atoms with Crippen molar-refractivity contribution in [3.05, 3.63) is 0 Å². The second-order valence-corrected chi connectivity index (χ2v) is 0. The molecule has 0 aromatic carbocycles. The summed E-state index contributed by atoms with van der Waals surface area (Å²) in [6, 6.07) is 0. The second kappa shape index (κ2) is 17.4. The number of hydrogen-bond acceptors (Lipinski definition) is 1. The van der Waals surface area contributed by atoms with Crippen LogP contribution in [0.4, 0.5) is 0 Å². The number of thiol groups is 1. The van der Waals surface area contributed by atoms with Gasteiger partial charge in [0.1, 0.15) is 0 Å². The predicted octanol–water partition coefficient (Wildman–Crippen LogP) is -0.278. The van der Waals surface area contributed by atoms with E-state index in [1.165, 1.54) is 0 Å². The summed E-state index contributed by atoms with van der Waals surface area (Å²) in [6.07, 6.45) is 0. The number of hydrogen-bond donors (Lipinski definition) is 0. The van der Waals surface area contributed by atoms with Crippen molar-refractivity contribution in [3.8, 4) is 0 Å². The van der Waals surface area contributed by atoms with Crippen LogP contribution in [0.5, 0.6) is 0 Å². The molecule has 0 aromatic heterocycles. The summed E-state index contributed by atoms with van der Waals surface area (Å²) < 4.78 is 0. The summed E-state index contributed by atoms with van der Waals surface area (Å²) >= 11 is 0. The maximum absolute atomic E-state index is 0. The van der Waals surface area contributed by atoms with Crippen molar-refractivity contribution in [3.63, 3.8) is 0 Å². The summed E-state index contributed by atoms with van der Waals surface area (Å²) in [5, 5.41) is 0. The van der Waals surface area contributed by atoms with Crippen LogP contribution < -0.4 is 0 Å². The van der Waals surface area contributed by atoms with Crippen LogP contribution >= 0.6 is 0 Å². The Morgan fingerprint density at radius 1 is 1.00 bits per heavy atom. The molecule has 0 aliphatic carbocycles. The van der Waals surface area contributed by atoms with Crippen LogP contribution in [0.2, 0.25) is 0 Å². The SMILES string of the molecule is [Ag].[Cd].[SH-].[Zn]. The van der Waals surface area contributed by atoms with E-state index >= 15 is 0 Å². The zero-order valence-electron chi connectivity index (χ0n) is 2.16. The van der Waals surface area contributed by atoms with E-state index < -0.39 is 0 Å². The Bertz CT molecular complexity index is 8.00. The van der Waals surface area contributed by atoms with E-state index in [1.807, 2.05) is 0 Å². The molecule has 0 atom stereocenters. The molecule has 23 valence electrons. The van der Waals surface area contributed by atoms with Gasteiger partial charge in [0, 0.05) is 69.2 Å². The Labute approximate surface area is 81.4 Å². The van der Waals surface area contributed by atoms with Crippen LogP contribution in [-0.4, -0.2) is 0 Å². The fraction of sp³-hybridized carbons (Fsp3) is 0. The molecule has 0 spiro atoms. The molecule has 0 fully saturated rings. The predicted molar refractivity (Wildman–Crippen MR) is 8.76 cm³/mol. The van der Waals surface area contributed by atoms with Crippen molar-refractivity contribution in [2.45, 2.75) is 0 Å². The summed E-state index contributed by atoms with van der Waals surface area (Å²) in [6.45, 7) is 0. The van der Waals surface area contributed by atoms with Gasteiger partial charge in [0.05, 0.1) is 0 Å². The van der Waals surface area contributed by atoms with Crippen LogP contribution in [0.15, 0.2) is 0 Å². The topological polar surface area (TPSA) is 0 Å². The molecule has 4 heteroatoms. The van der Waals surface area contributed by atoms with Gasteiger partial charge < -0.3 is 13.5 Å². The first-order valence-corrected chi connectivity index (χ1v) is 0. The Kier molecular flexibility index (Phi) is 132. The molecule has 0 saturated heterocycles. The van der Waals surface area contributed by atoms with Crippen molar-refractivity contribution < 1.29 is 69.2 Å². The van der Waals surface area contributed by atoms with E-state index in [9.17, 15) is 0 Å². The van der Waals surface area contributed by atoms with E-state index in [0.717, 1.165) is 0 Å². The van der Waals surface area contributed by atoms with E-state index in [-0.39, 0.29) is 82.7 Å². The standard InChI is InChI=1S/Ag.Cd.H2S.Zn/h;;1H2;/p-1. The van der Waals surface area contributed by atoms with E-state index in [1.54, 1.807) is 0 Å². The monoisotopic (exact) mass is 318 g/mol. The molecule has 1 radical (unpaired) electrons. The first kappa shape index (κ1) is 30.3. The molecule has 0 aromatic rings. The first-order chi connectivity index (χ1) is 0. The molecule has 0 heterocycles. The van der Waals surface area contributed by atoms with Crippen molar-refractivity contribution >= 4 is 13.5 Å². The summed E-state index contributed by atoms with van der Waals surface area (Å²) in [5.41, 5.74) is 0. The molecule has 4 heavy (non-hydrogen) atoms. The summed E-state index contributed by atoms with van der Waals surface area (Å²) in [7, 11) is 0. The zero-order chi connectivity index (χ0) is 0. The second-order valence-electron chi connectivity index (χ2n) is 0. The quantitative estimate of drug-likeness (QED) is 0.336. The van der Waals surface area contributed by atoms with Gasteiger partial charge in [0.15, 0.2) is 0 Å². The van der Waals surface area contributed by atoms with Gasteiger partial charge in [0.2, 0.25) is 0 Å². The minimum absolute atomic E-state index is 0. The molecular formula is HAgCdSZn-. The van der Waals surface area contributed by atoms with Crippen molar-refractivity contribution in [2.24, 2.45) is 0 Å². The normalized spacial score (nSPS) is 0. The molecule has 0 aliphatic heterocycles. The molecule has 0 aliphatic rings. The maximum Gasteiger partial charge on any atom is 0 e. The van der Waals surface area contributed by atoms with Crippen LogP contribution in [0.3, 0.4) is 0 Å². The third-order valence-electron chi connectivity index (χ3n) is 0. The third-order valence-corrected chi connectivity index (χ3v) is 0. The van der Waals surface area contributed by atoms with Gasteiger partial charge in [-0.1, -0.05) is 0 Å². The van der Waals surface area contributed by atoms with E-state index in [2.05, 4.69) is 0 Å². The fourth-order valence-electron chi connectivity index (χ4n) is 0. The molecule has 0 saturated carbocycles. The smallest absolute Gasteiger partial charge is 0 e. The largest absolute Gasteiger partial charge is 0.813 e. The molecule has 0 rings (SSSR count). The molecule has 0 bridgehead atoms. The van der Waals surface area contributed by atoms with Crippen LogP contribution in [-0.2, 0) is 82.7 Å². The van der Waals surface area contributed by atoms with Crippen molar-refractivity contribution in [1.82, 2.24) is 0 Å². The van der Waals surface area contributed by atoms with Gasteiger partial charge in [0.25, 0.3) is 0 Å². The fourth-order valence-corrected chi connectivity index (χ4v) is 0. The van der Waals surface area contributed by atoms with Gasteiger partial charge in [-0.3, -0.25) is 0 Å². The van der Waals surface area contributed by atoms with Crippen LogP contribution in [0.25, 0.3) is 0 Å². The molecule has 0 unspecified atom stereocenters. The molecule has 0 nitrogen and oxygen atoms in total. The van der Waals surface area contributed by atoms with E-state index in [0.29, 0.717) is 0 Å². The average molecular weight is 319 g/mol. The summed E-state index contributed by atoms with van der Waals surface area (Å²) in [5.74, 6) is 0. The molecule has 0 amide bonds. The zero-order valence-corrected chi connectivity index (χ0v) is 11.5. The third kappa shape index (κ3) is 8.82. The van der Waals surface area contributed by atoms with Crippen LogP contribution in [0.1, 0.15) is 0 Å². The minimum atomic E-state index is 0. The molecule has 0 N–H and O–H groups in total. The van der Waals surface area contributed by atoms with Gasteiger partial charge in [-0.2, -0.15) is 0 Å². The Hall–Kier alpha value is 2.64. The van der Waals surface area contributed by atoms with Crippen molar-refractivity contribution in [2.75, 3.05) is 0 Å². The summed E-state index contributed by atoms with van der Waals surface area (Å²) in [4.78, 5) is 0. The van der Waals surface area contributed by atoms with Gasteiger partial charge in [-0.05, 0) is 0 Å². The van der Waals surface area contributed by atoms with E-state index in [4.69, 9.17) is 0 Å². The van der Waals surface area contributed by atoms with Gasteiger partial charge in [-0.25, -0.2) is 0 Å². The van der Waals surface area contributed by atoms with Crippen LogP contribution in [0, 0.1) is 0 Å². The van der Waals surface area contributed by atoms with Gasteiger partial charge in [-0.15, -0.1) is 0 Å². The Morgan fingerprint density at radius 3 is 1.00 bits per heavy atom. The maximum atomic E-state index is 0. The van der Waals surface area contributed by atoms with Gasteiger partial charge >= 0.3 is 0 Å². The average Bonchev–Trinajstić information content (AvgIpc) is 0.